The molecule has 32 heavy (non-hydrogen) atoms. The number of methoxy groups -OCH3 is 1. The van der Waals surface area contributed by atoms with Gasteiger partial charge in [-0.1, -0.05) is 78.9 Å². The van der Waals surface area contributed by atoms with Crippen LogP contribution >= 0.6 is 0 Å². The molecule has 0 saturated carbocycles. The third kappa shape index (κ3) is 4.37. The topological polar surface area (TPSA) is 49.9 Å². The number of para-hydroxylation sites is 1. The van der Waals surface area contributed by atoms with Gasteiger partial charge in [-0.05, 0) is 17.2 Å². The number of nitrogens with zero attached hydrogens (tertiary/aromatic N) is 2. The number of hydrogen-bond donors (Lipinski definition) is 0. The first-order valence-electron chi connectivity index (χ1n) is 10.9. The third-order valence-corrected chi connectivity index (χ3v) is 6.11. The number of rotatable bonds is 5. The Morgan fingerprint density at radius 1 is 0.844 bits per heavy atom. The summed E-state index contributed by atoms with van der Waals surface area (Å²) in [4.78, 5) is 30.0. The monoisotopic (exact) mass is 428 g/mol. The number of benzene rings is 3. The molecule has 1 saturated heterocycles. The second kappa shape index (κ2) is 9.69. The van der Waals surface area contributed by atoms with Crippen LogP contribution in [0.2, 0.25) is 0 Å². The largest absolute Gasteiger partial charge is 0.496 e. The molecule has 1 fully saturated rings. The van der Waals surface area contributed by atoms with Crippen LogP contribution in [0.1, 0.15) is 35.6 Å². The number of carbonyl (C=O) groups excluding carboxylic acids is 2. The highest BCUT2D eigenvalue weighted by Crippen LogP contribution is 2.34. The molecule has 0 N–H and O–H groups in total. The van der Waals surface area contributed by atoms with Crippen LogP contribution in [0.15, 0.2) is 84.9 Å². The van der Waals surface area contributed by atoms with Crippen molar-refractivity contribution in [2.45, 2.75) is 18.9 Å². The summed E-state index contributed by atoms with van der Waals surface area (Å²) in [6, 6.07) is 27.2. The zero-order valence-electron chi connectivity index (χ0n) is 18.5. The number of amides is 2. The van der Waals surface area contributed by atoms with Crippen molar-refractivity contribution >= 4 is 11.8 Å². The van der Waals surface area contributed by atoms with E-state index in [2.05, 4.69) is 0 Å². The lowest BCUT2D eigenvalue weighted by Crippen LogP contribution is -2.53. The molecule has 1 heterocycles. The summed E-state index contributed by atoms with van der Waals surface area (Å²) in [5.74, 6) is 0.376. The Kier molecular flexibility index (Phi) is 6.55. The summed E-state index contributed by atoms with van der Waals surface area (Å²) in [7, 11) is 1.63. The van der Waals surface area contributed by atoms with Crippen LogP contribution < -0.4 is 4.74 Å². The van der Waals surface area contributed by atoms with Gasteiger partial charge in [-0.25, -0.2) is 0 Å². The molecule has 5 heteroatoms. The molecule has 1 aliphatic rings. The van der Waals surface area contributed by atoms with E-state index in [1.807, 2.05) is 94.7 Å². The lowest BCUT2D eigenvalue weighted by atomic mass is 9.89. The molecule has 0 aromatic heterocycles. The molecule has 1 atom stereocenters. The molecule has 164 valence electrons. The second-order valence-corrected chi connectivity index (χ2v) is 8.01. The Morgan fingerprint density at radius 2 is 1.41 bits per heavy atom. The van der Waals surface area contributed by atoms with Crippen molar-refractivity contribution in [2.75, 3.05) is 26.7 Å². The van der Waals surface area contributed by atoms with Crippen molar-refractivity contribution in [3.63, 3.8) is 0 Å². The van der Waals surface area contributed by atoms with E-state index in [9.17, 15) is 9.59 Å². The average molecular weight is 429 g/mol. The van der Waals surface area contributed by atoms with E-state index in [-0.39, 0.29) is 23.8 Å². The number of carbonyl (C=O) groups is 2. The van der Waals surface area contributed by atoms with Gasteiger partial charge in [0.25, 0.3) is 0 Å². The smallest absolute Gasteiger partial charge is 0.234 e. The van der Waals surface area contributed by atoms with E-state index in [0.717, 1.165) is 22.4 Å². The van der Waals surface area contributed by atoms with E-state index in [1.165, 1.54) is 0 Å². The lowest BCUT2D eigenvalue weighted by Gasteiger charge is -2.42. The Hall–Kier alpha value is -3.60. The zero-order chi connectivity index (χ0) is 22.5. The van der Waals surface area contributed by atoms with Gasteiger partial charge >= 0.3 is 0 Å². The summed E-state index contributed by atoms with van der Waals surface area (Å²) in [5.41, 5.74) is 2.84. The molecule has 1 aliphatic heterocycles. The second-order valence-electron chi connectivity index (χ2n) is 8.01. The van der Waals surface area contributed by atoms with Gasteiger partial charge < -0.3 is 14.5 Å². The first-order chi connectivity index (χ1) is 15.6. The van der Waals surface area contributed by atoms with Crippen LogP contribution in [-0.4, -0.2) is 48.4 Å². The molecule has 0 radical (unpaired) electrons. The number of ether oxygens (including phenoxy) is 1. The summed E-state index contributed by atoms with van der Waals surface area (Å²) in [6.45, 7) is 2.99. The van der Waals surface area contributed by atoms with Gasteiger partial charge in [0, 0.05) is 32.1 Å². The van der Waals surface area contributed by atoms with Gasteiger partial charge in [0.2, 0.25) is 11.8 Å². The first-order valence-corrected chi connectivity index (χ1v) is 10.9. The Balaban J connectivity index is 1.69. The Bertz CT molecular complexity index is 1030. The summed E-state index contributed by atoms with van der Waals surface area (Å²) in [6.07, 6.45) is 0. The van der Waals surface area contributed by atoms with Crippen molar-refractivity contribution < 1.29 is 14.3 Å². The highest BCUT2D eigenvalue weighted by molar-refractivity contribution is 5.87. The first kappa shape index (κ1) is 21.6. The molecule has 0 spiro atoms. The predicted molar refractivity (Wildman–Crippen MR) is 124 cm³/mol. The molecule has 0 bridgehead atoms. The fraction of sp³-hybridized carbons (Fsp3) is 0.259. The minimum absolute atomic E-state index is 0.00401. The highest BCUT2D eigenvalue weighted by Gasteiger charge is 2.36. The lowest BCUT2D eigenvalue weighted by molar-refractivity contribution is -0.142. The van der Waals surface area contributed by atoms with Crippen LogP contribution in [0.3, 0.4) is 0 Å². The Labute approximate surface area is 189 Å². The maximum atomic E-state index is 13.9. The third-order valence-electron chi connectivity index (χ3n) is 6.11. The molecular weight excluding hydrogens is 400 g/mol. The number of piperazine rings is 1. The van der Waals surface area contributed by atoms with Crippen LogP contribution in [-0.2, 0) is 9.59 Å². The van der Waals surface area contributed by atoms with E-state index in [4.69, 9.17) is 4.74 Å². The molecule has 3 aromatic carbocycles. The number of hydrogen-bond acceptors (Lipinski definition) is 3. The van der Waals surface area contributed by atoms with Crippen LogP contribution in [0.4, 0.5) is 0 Å². The molecule has 4 rings (SSSR count). The van der Waals surface area contributed by atoms with Crippen molar-refractivity contribution in [1.82, 2.24) is 9.80 Å². The fourth-order valence-corrected chi connectivity index (χ4v) is 4.52. The molecule has 2 amide bonds. The quantitative estimate of drug-likeness (QED) is 0.610. The van der Waals surface area contributed by atoms with E-state index in [0.29, 0.717) is 19.6 Å². The molecular formula is C27H28N2O3. The summed E-state index contributed by atoms with van der Waals surface area (Å²) < 4.78 is 5.57. The van der Waals surface area contributed by atoms with E-state index < -0.39 is 0 Å². The summed E-state index contributed by atoms with van der Waals surface area (Å²) in [5, 5.41) is 0. The minimum atomic E-state index is -0.389. The van der Waals surface area contributed by atoms with Crippen molar-refractivity contribution in [3.05, 3.63) is 102 Å². The fourth-order valence-electron chi connectivity index (χ4n) is 4.52. The predicted octanol–water partition coefficient (Wildman–Crippen LogP) is 4.26. The van der Waals surface area contributed by atoms with E-state index >= 15 is 0 Å². The van der Waals surface area contributed by atoms with Gasteiger partial charge in [0.05, 0.1) is 19.1 Å². The van der Waals surface area contributed by atoms with Crippen LogP contribution in [0.25, 0.3) is 0 Å². The molecule has 5 nitrogen and oxygen atoms in total. The van der Waals surface area contributed by atoms with Gasteiger partial charge in [-0.2, -0.15) is 0 Å². The van der Waals surface area contributed by atoms with Crippen molar-refractivity contribution in [1.29, 1.82) is 0 Å². The molecule has 3 aromatic rings. The van der Waals surface area contributed by atoms with Gasteiger partial charge in [0.15, 0.2) is 0 Å². The van der Waals surface area contributed by atoms with Crippen LogP contribution in [0.5, 0.6) is 5.75 Å². The van der Waals surface area contributed by atoms with Crippen LogP contribution in [0, 0.1) is 0 Å². The summed E-state index contributed by atoms with van der Waals surface area (Å²) >= 11 is 0. The average Bonchev–Trinajstić information content (AvgIpc) is 2.85. The highest BCUT2D eigenvalue weighted by atomic mass is 16.5. The molecule has 0 unspecified atom stereocenters. The van der Waals surface area contributed by atoms with Crippen molar-refractivity contribution in [2.24, 2.45) is 0 Å². The Morgan fingerprint density at radius 3 is 1.97 bits per heavy atom. The van der Waals surface area contributed by atoms with Crippen molar-refractivity contribution in [3.8, 4) is 5.75 Å². The standard InChI is InChI=1S/C27H28N2O3/c1-20(30)29-18-17-28(19-24(29)23-15-9-10-16-25(23)32-2)27(31)26(21-11-5-3-6-12-21)22-13-7-4-8-14-22/h3-16,24,26H,17-19H2,1-2H3/t24-/m1/s1. The minimum Gasteiger partial charge on any atom is -0.496 e. The van der Waals surface area contributed by atoms with Gasteiger partial charge in [-0.3, -0.25) is 9.59 Å². The SMILES string of the molecule is COc1ccccc1[C@H]1CN(C(=O)C(c2ccccc2)c2ccccc2)CCN1C(C)=O. The van der Waals surface area contributed by atoms with Gasteiger partial charge in [-0.15, -0.1) is 0 Å². The van der Waals surface area contributed by atoms with E-state index in [1.54, 1.807) is 14.0 Å². The maximum absolute atomic E-state index is 13.9. The molecule has 0 aliphatic carbocycles. The van der Waals surface area contributed by atoms with Gasteiger partial charge in [0.1, 0.15) is 5.75 Å². The maximum Gasteiger partial charge on any atom is 0.234 e. The normalized spacial score (nSPS) is 16.2. The zero-order valence-corrected chi connectivity index (χ0v) is 18.5.